The first kappa shape index (κ1) is 22.1. The number of nitrogens with zero attached hydrogens (tertiary/aromatic N) is 4. The molecule has 6 nitrogen and oxygen atoms in total. The number of aromatic hydroxyl groups is 1. The fraction of sp³-hybridized carbons (Fsp3) is 0.435. The van der Waals surface area contributed by atoms with E-state index in [2.05, 4.69) is 10.1 Å². The van der Waals surface area contributed by atoms with Gasteiger partial charge in [0.2, 0.25) is 5.91 Å². The van der Waals surface area contributed by atoms with Crippen LogP contribution in [0.5, 0.6) is 5.75 Å². The molecule has 32 heavy (non-hydrogen) atoms. The third-order valence-corrected chi connectivity index (χ3v) is 6.06. The predicted octanol–water partition coefficient (Wildman–Crippen LogP) is 4.70. The molecule has 1 aromatic carbocycles. The first-order valence-corrected chi connectivity index (χ1v) is 10.5. The Bertz CT molecular complexity index is 1180. The third-order valence-electron chi connectivity index (χ3n) is 6.06. The lowest BCUT2D eigenvalue weighted by Crippen LogP contribution is -2.32. The van der Waals surface area contributed by atoms with Crippen LogP contribution in [-0.4, -0.2) is 43.3 Å². The summed E-state index contributed by atoms with van der Waals surface area (Å²) in [7, 11) is 0. The number of amides is 1. The summed E-state index contributed by atoms with van der Waals surface area (Å²) in [5.41, 5.74) is 1.33. The van der Waals surface area contributed by atoms with Gasteiger partial charge in [0.05, 0.1) is 11.3 Å². The highest BCUT2D eigenvalue weighted by atomic mass is 19.4. The average Bonchev–Trinajstić information content (AvgIpc) is 3.20. The minimum absolute atomic E-state index is 0.146. The lowest BCUT2D eigenvalue weighted by molar-refractivity contribution is -0.137. The summed E-state index contributed by atoms with van der Waals surface area (Å²) in [5, 5.41) is 15.7. The van der Waals surface area contributed by atoms with Crippen molar-refractivity contribution in [1.82, 2.24) is 19.7 Å². The summed E-state index contributed by atoms with van der Waals surface area (Å²) in [5.74, 6) is -0.176. The second-order valence-electron chi connectivity index (χ2n) is 8.73. The van der Waals surface area contributed by atoms with Crippen LogP contribution in [0.25, 0.3) is 22.3 Å². The van der Waals surface area contributed by atoms with Crippen molar-refractivity contribution in [2.24, 2.45) is 5.92 Å². The van der Waals surface area contributed by atoms with Gasteiger partial charge in [0, 0.05) is 48.1 Å². The van der Waals surface area contributed by atoms with Crippen molar-refractivity contribution in [2.45, 2.75) is 52.9 Å². The van der Waals surface area contributed by atoms with Gasteiger partial charge in [-0.05, 0) is 57.5 Å². The predicted molar refractivity (Wildman–Crippen MR) is 114 cm³/mol. The van der Waals surface area contributed by atoms with Crippen LogP contribution in [-0.2, 0) is 17.5 Å². The van der Waals surface area contributed by atoms with Crippen LogP contribution in [0.1, 0.15) is 37.1 Å². The Hall–Kier alpha value is -3.10. The molecule has 1 saturated heterocycles. The second-order valence-corrected chi connectivity index (χ2v) is 8.73. The number of halogens is 3. The number of aromatic nitrogens is 3. The Labute approximate surface area is 183 Å². The Morgan fingerprint density at radius 2 is 1.94 bits per heavy atom. The first-order valence-electron chi connectivity index (χ1n) is 10.5. The van der Waals surface area contributed by atoms with Gasteiger partial charge in [-0.1, -0.05) is 0 Å². The number of carbonyl (C=O) groups excluding carboxylic acids is 1. The van der Waals surface area contributed by atoms with Gasteiger partial charge in [-0.25, -0.2) is 4.98 Å². The molecule has 0 unspecified atom stereocenters. The minimum atomic E-state index is -4.54. The molecule has 9 heteroatoms. The number of fused-ring (bicyclic) bond motifs is 1. The number of likely N-dealkylation sites (tertiary alicyclic amines) is 1. The van der Waals surface area contributed by atoms with Crippen LogP contribution >= 0.6 is 0 Å². The molecule has 1 aliphatic heterocycles. The number of rotatable bonds is 4. The highest BCUT2D eigenvalue weighted by Gasteiger charge is 2.33. The van der Waals surface area contributed by atoms with E-state index in [1.807, 2.05) is 36.4 Å². The van der Waals surface area contributed by atoms with E-state index in [0.29, 0.717) is 30.9 Å². The van der Waals surface area contributed by atoms with Crippen LogP contribution in [0.2, 0.25) is 0 Å². The Morgan fingerprint density at radius 1 is 1.22 bits per heavy atom. The first-order chi connectivity index (χ1) is 15.0. The van der Waals surface area contributed by atoms with Gasteiger partial charge in [-0.15, -0.1) is 0 Å². The number of alkyl halides is 3. The van der Waals surface area contributed by atoms with Crippen molar-refractivity contribution in [3.8, 4) is 17.0 Å². The van der Waals surface area contributed by atoms with Crippen LogP contribution < -0.4 is 0 Å². The van der Waals surface area contributed by atoms with Crippen molar-refractivity contribution in [1.29, 1.82) is 0 Å². The maximum Gasteiger partial charge on any atom is 0.416 e. The van der Waals surface area contributed by atoms with E-state index in [1.165, 1.54) is 6.92 Å². The number of pyridine rings is 1. The van der Waals surface area contributed by atoms with Crippen LogP contribution in [0.4, 0.5) is 13.2 Å². The molecule has 0 aliphatic carbocycles. The topological polar surface area (TPSA) is 71.2 Å². The Kier molecular flexibility index (Phi) is 5.38. The summed E-state index contributed by atoms with van der Waals surface area (Å²) in [6.45, 7) is 8.70. The summed E-state index contributed by atoms with van der Waals surface area (Å²) in [6.07, 6.45) is -4.06. The molecule has 3 heterocycles. The van der Waals surface area contributed by atoms with E-state index in [0.717, 1.165) is 23.2 Å². The smallest absolute Gasteiger partial charge is 0.416 e. The van der Waals surface area contributed by atoms with Gasteiger partial charge in [-0.2, -0.15) is 18.3 Å². The number of phenolic OH excluding ortho intramolecular Hbond substituents is 1. The van der Waals surface area contributed by atoms with Gasteiger partial charge in [0.15, 0.2) is 5.65 Å². The van der Waals surface area contributed by atoms with Gasteiger partial charge in [-0.3, -0.25) is 9.48 Å². The molecule has 170 valence electrons. The zero-order valence-electron chi connectivity index (χ0n) is 18.4. The molecule has 0 bridgehead atoms. The highest BCUT2D eigenvalue weighted by molar-refractivity contribution is 5.83. The molecular weight excluding hydrogens is 421 g/mol. The molecule has 3 aromatic rings. The molecule has 0 spiro atoms. The van der Waals surface area contributed by atoms with Crippen LogP contribution in [0.3, 0.4) is 0 Å². The zero-order chi connectivity index (χ0) is 23.4. The van der Waals surface area contributed by atoms with Gasteiger partial charge in [0.25, 0.3) is 0 Å². The molecule has 0 saturated carbocycles. The largest absolute Gasteiger partial charge is 0.507 e. The number of phenols is 1. The third kappa shape index (κ3) is 3.91. The number of carbonyl (C=O) groups is 1. The Balaban J connectivity index is 1.66. The van der Waals surface area contributed by atoms with Crippen molar-refractivity contribution in [2.75, 3.05) is 6.54 Å². The molecule has 1 fully saturated rings. The summed E-state index contributed by atoms with van der Waals surface area (Å²) < 4.78 is 40.9. The van der Waals surface area contributed by atoms with Crippen molar-refractivity contribution in [3.63, 3.8) is 0 Å². The molecule has 4 rings (SSSR count). The molecule has 2 aromatic heterocycles. The lowest BCUT2D eigenvalue weighted by atomic mass is 10.00. The van der Waals surface area contributed by atoms with E-state index in [4.69, 9.17) is 0 Å². The molecule has 1 N–H and O–H groups in total. The van der Waals surface area contributed by atoms with E-state index in [1.54, 1.807) is 6.07 Å². The minimum Gasteiger partial charge on any atom is -0.507 e. The molecule has 1 amide bonds. The van der Waals surface area contributed by atoms with Crippen molar-refractivity contribution < 1.29 is 23.1 Å². The van der Waals surface area contributed by atoms with E-state index >= 15 is 0 Å². The van der Waals surface area contributed by atoms with Crippen molar-refractivity contribution in [3.05, 3.63) is 41.1 Å². The lowest BCUT2D eigenvalue weighted by Gasteiger charge is -2.21. The number of hydrogen-bond donors (Lipinski definition) is 1. The highest BCUT2D eigenvalue weighted by Crippen LogP contribution is 2.39. The van der Waals surface area contributed by atoms with Gasteiger partial charge >= 0.3 is 6.18 Å². The van der Waals surface area contributed by atoms with Gasteiger partial charge < -0.3 is 10.0 Å². The average molecular weight is 446 g/mol. The normalized spacial score (nSPS) is 17.2. The van der Waals surface area contributed by atoms with E-state index in [-0.39, 0.29) is 29.0 Å². The molecule has 1 atom stereocenters. The fourth-order valence-corrected chi connectivity index (χ4v) is 4.39. The summed E-state index contributed by atoms with van der Waals surface area (Å²) in [6, 6.07) is 5.37. The summed E-state index contributed by atoms with van der Waals surface area (Å²) >= 11 is 0. The number of hydrogen-bond acceptors (Lipinski definition) is 4. The van der Waals surface area contributed by atoms with Crippen molar-refractivity contribution >= 4 is 16.9 Å². The monoisotopic (exact) mass is 446 g/mol. The summed E-state index contributed by atoms with van der Waals surface area (Å²) in [4.78, 5) is 18.6. The zero-order valence-corrected chi connectivity index (χ0v) is 18.4. The standard InChI is InChI=1S/C23H25F3N4O2/c1-12(2)29-10-15(8-20(29)32)11-30-14(4)17-5-6-18(27-22(17)28-30)21-13(3)7-16(9-19(21)31)23(24,25)26/h5-7,9,12,15,31H,8,10-11H2,1-4H3/t15-/m0/s1. The van der Waals surface area contributed by atoms with E-state index < -0.39 is 17.5 Å². The SMILES string of the molecule is Cc1cc(C(F)(F)F)cc(O)c1-c1ccc2c(C)n(C[C@H]3CC(=O)N(C(C)C)C3)nc2n1. The molecule has 1 aliphatic rings. The van der Waals surface area contributed by atoms with E-state index in [9.17, 15) is 23.1 Å². The number of aryl methyl sites for hydroxylation is 2. The Morgan fingerprint density at radius 3 is 2.53 bits per heavy atom. The van der Waals surface area contributed by atoms with Crippen LogP contribution in [0.15, 0.2) is 24.3 Å². The van der Waals surface area contributed by atoms with Crippen LogP contribution in [0, 0.1) is 19.8 Å². The maximum absolute atomic E-state index is 13.0. The van der Waals surface area contributed by atoms with Gasteiger partial charge in [0.1, 0.15) is 5.75 Å². The number of benzene rings is 1. The molecule has 0 radical (unpaired) electrons. The quantitative estimate of drug-likeness (QED) is 0.631. The maximum atomic E-state index is 13.0. The fourth-order valence-electron chi connectivity index (χ4n) is 4.39. The molecular formula is C23H25F3N4O2. The second kappa shape index (κ2) is 7.79.